The predicted molar refractivity (Wildman–Crippen MR) is 63.1 cm³/mol. The minimum absolute atomic E-state index is 0.0130. The minimum Gasteiger partial charge on any atom is -0.853 e. The van der Waals surface area contributed by atoms with Gasteiger partial charge in [-0.15, -0.1) is 0 Å². The van der Waals surface area contributed by atoms with E-state index in [2.05, 4.69) is 0 Å². The van der Waals surface area contributed by atoms with Crippen molar-refractivity contribution in [3.63, 3.8) is 0 Å². The molecule has 19 heavy (non-hydrogen) atoms. The second-order valence-corrected chi connectivity index (χ2v) is 3.62. The zero-order valence-electron chi connectivity index (χ0n) is 9.81. The Balaban J connectivity index is 2.95. The summed E-state index contributed by atoms with van der Waals surface area (Å²) in [5, 5.41) is 39.6. The van der Waals surface area contributed by atoms with Gasteiger partial charge in [-0.2, -0.15) is 0 Å². The van der Waals surface area contributed by atoms with Crippen molar-refractivity contribution in [1.29, 1.82) is 0 Å². The van der Waals surface area contributed by atoms with E-state index in [1.165, 1.54) is 6.07 Å². The number of nitro benzene ring substituents is 1. The third kappa shape index (κ3) is 4.02. The van der Waals surface area contributed by atoms with E-state index in [0.29, 0.717) is 0 Å². The van der Waals surface area contributed by atoms with Gasteiger partial charge in [0.05, 0.1) is 4.92 Å². The van der Waals surface area contributed by atoms with Crippen LogP contribution in [-0.4, -0.2) is 41.4 Å². The third-order valence-corrected chi connectivity index (χ3v) is 2.29. The molecule has 1 aromatic rings. The summed E-state index contributed by atoms with van der Waals surface area (Å²) in [4.78, 5) is 20.6. The molecular formula is C10H11BNO7-. The molecule has 102 valence electrons. The van der Waals surface area contributed by atoms with Crippen LogP contribution in [0.3, 0.4) is 0 Å². The summed E-state index contributed by atoms with van der Waals surface area (Å²) in [5.74, 6) is -1.44. The highest BCUT2D eigenvalue weighted by molar-refractivity contribution is 6.58. The molecule has 0 unspecified atom stereocenters. The number of aromatic carboxylic acids is 1. The van der Waals surface area contributed by atoms with Gasteiger partial charge in [-0.3, -0.25) is 10.1 Å². The molecule has 2 N–H and O–H groups in total. The minimum atomic E-state index is -1.66. The van der Waals surface area contributed by atoms with Crippen LogP contribution in [0.15, 0.2) is 18.2 Å². The lowest BCUT2D eigenvalue weighted by atomic mass is 9.79. The van der Waals surface area contributed by atoms with Gasteiger partial charge < -0.3 is 19.9 Å². The number of hydrogen-bond acceptors (Lipinski definition) is 6. The number of nitrogens with zero attached hydrogens (tertiary/aromatic N) is 1. The summed E-state index contributed by atoms with van der Waals surface area (Å²) >= 11 is 0. The lowest BCUT2D eigenvalue weighted by molar-refractivity contribution is -0.385. The van der Waals surface area contributed by atoms with Gasteiger partial charge in [-0.1, -0.05) is 11.5 Å². The Morgan fingerprint density at radius 1 is 1.47 bits per heavy atom. The summed E-state index contributed by atoms with van der Waals surface area (Å²) in [6.07, 6.45) is 0.272. The van der Waals surface area contributed by atoms with Crippen molar-refractivity contribution in [2.24, 2.45) is 0 Å². The highest BCUT2D eigenvalue weighted by atomic mass is 16.6. The molecular weight excluding hydrogens is 257 g/mol. The zero-order chi connectivity index (χ0) is 14.4. The first kappa shape index (κ1) is 15.1. The first-order valence-corrected chi connectivity index (χ1v) is 5.37. The van der Waals surface area contributed by atoms with Gasteiger partial charge in [0.15, 0.2) is 0 Å². The van der Waals surface area contributed by atoms with Crippen molar-refractivity contribution in [2.45, 2.75) is 6.42 Å². The van der Waals surface area contributed by atoms with Gasteiger partial charge >= 0.3 is 5.97 Å². The third-order valence-electron chi connectivity index (χ3n) is 2.29. The standard InChI is InChI=1S/C10H11BNO7/c13-4-1-5-19-11(16)7-2-3-8(10(14)15)9(6-7)12(17)18/h2-3,6,13H,1,4-5H2,(H,14,15)/q-1. The Kier molecular flexibility index (Phi) is 5.43. The van der Waals surface area contributed by atoms with Gasteiger partial charge in [0.2, 0.25) is 7.12 Å². The maximum absolute atomic E-state index is 11.6. The second-order valence-electron chi connectivity index (χ2n) is 3.62. The molecule has 0 saturated carbocycles. The van der Waals surface area contributed by atoms with Crippen LogP contribution in [0.25, 0.3) is 0 Å². The van der Waals surface area contributed by atoms with Crippen LogP contribution < -0.4 is 10.5 Å². The van der Waals surface area contributed by atoms with Crippen molar-refractivity contribution in [1.82, 2.24) is 0 Å². The molecule has 9 heteroatoms. The van der Waals surface area contributed by atoms with Crippen LogP contribution in [0.2, 0.25) is 0 Å². The number of hydrogen-bond donors (Lipinski definition) is 2. The van der Waals surface area contributed by atoms with E-state index in [1.807, 2.05) is 0 Å². The number of aliphatic hydroxyl groups excluding tert-OH is 1. The molecule has 0 aliphatic heterocycles. The number of nitro groups is 1. The summed E-state index contributed by atoms with van der Waals surface area (Å²) in [6, 6.07) is 3.06. The van der Waals surface area contributed by atoms with Gasteiger partial charge in [-0.25, -0.2) is 4.79 Å². The maximum Gasteiger partial charge on any atom is 0.342 e. The smallest absolute Gasteiger partial charge is 0.342 e. The second kappa shape index (κ2) is 6.83. The molecule has 1 aromatic carbocycles. The molecule has 0 amide bonds. The number of rotatable bonds is 7. The molecule has 0 heterocycles. The highest BCUT2D eigenvalue weighted by Crippen LogP contribution is 2.16. The fourth-order valence-electron chi connectivity index (χ4n) is 1.38. The zero-order valence-corrected chi connectivity index (χ0v) is 9.81. The fourth-order valence-corrected chi connectivity index (χ4v) is 1.38. The SMILES string of the molecule is O=C(O)c1ccc(B([O-])OCCCO)cc1[N+](=O)[O-]. The fraction of sp³-hybridized carbons (Fsp3) is 0.300. The highest BCUT2D eigenvalue weighted by Gasteiger charge is 2.21. The topological polar surface area (TPSA) is 133 Å². The number of carboxylic acid groups (broad SMARTS) is 1. The first-order valence-electron chi connectivity index (χ1n) is 5.37. The number of carbonyl (C=O) groups is 1. The summed E-state index contributed by atoms with van der Waals surface area (Å²) < 4.78 is 4.82. The summed E-state index contributed by atoms with van der Waals surface area (Å²) in [7, 11) is -1.66. The Bertz CT molecular complexity index is 479. The van der Waals surface area contributed by atoms with Gasteiger partial charge in [-0.05, 0) is 12.5 Å². The van der Waals surface area contributed by atoms with Crippen LogP contribution >= 0.6 is 0 Å². The van der Waals surface area contributed by atoms with Gasteiger partial charge in [0.1, 0.15) is 5.56 Å². The molecule has 0 radical (unpaired) electrons. The average molecular weight is 268 g/mol. The molecule has 0 bridgehead atoms. The molecule has 0 atom stereocenters. The van der Waals surface area contributed by atoms with E-state index >= 15 is 0 Å². The predicted octanol–water partition coefficient (Wildman–Crippen LogP) is -1.25. The average Bonchev–Trinajstić information content (AvgIpc) is 2.38. The molecule has 0 saturated heterocycles. The van der Waals surface area contributed by atoms with E-state index in [4.69, 9.17) is 14.9 Å². The molecule has 0 aliphatic carbocycles. The van der Waals surface area contributed by atoms with Crippen molar-refractivity contribution >= 4 is 24.2 Å². The molecule has 0 fully saturated rings. The van der Waals surface area contributed by atoms with Crippen molar-refractivity contribution in [3.8, 4) is 0 Å². The van der Waals surface area contributed by atoms with E-state index in [9.17, 15) is 19.9 Å². The number of benzene rings is 1. The van der Waals surface area contributed by atoms with Crippen molar-refractivity contribution < 1.29 is 29.6 Å². The van der Waals surface area contributed by atoms with Crippen LogP contribution in [-0.2, 0) is 4.65 Å². The van der Waals surface area contributed by atoms with Gasteiger partial charge in [0.25, 0.3) is 5.69 Å². The lowest BCUT2D eigenvalue weighted by Crippen LogP contribution is -2.46. The largest absolute Gasteiger partial charge is 0.853 e. The quantitative estimate of drug-likeness (QED) is 0.273. The lowest BCUT2D eigenvalue weighted by Gasteiger charge is -2.19. The van der Waals surface area contributed by atoms with Crippen LogP contribution in [0.4, 0.5) is 5.69 Å². The summed E-state index contributed by atoms with van der Waals surface area (Å²) in [6.45, 7) is -0.121. The van der Waals surface area contributed by atoms with E-state index in [0.717, 1.165) is 12.1 Å². The van der Waals surface area contributed by atoms with Crippen LogP contribution in [0, 0.1) is 10.1 Å². The number of aliphatic hydroxyl groups is 1. The molecule has 1 rings (SSSR count). The van der Waals surface area contributed by atoms with Crippen molar-refractivity contribution in [2.75, 3.05) is 13.2 Å². The van der Waals surface area contributed by atoms with Crippen molar-refractivity contribution in [3.05, 3.63) is 33.9 Å². The maximum atomic E-state index is 11.6. The Hall–Kier alpha value is -1.97. The van der Waals surface area contributed by atoms with E-state index in [-0.39, 0.29) is 25.1 Å². The Morgan fingerprint density at radius 3 is 2.68 bits per heavy atom. The Morgan fingerprint density at radius 2 is 2.16 bits per heavy atom. The van der Waals surface area contributed by atoms with E-state index < -0.39 is 29.3 Å². The normalized spacial score (nSPS) is 10.2. The monoisotopic (exact) mass is 268 g/mol. The Labute approximate surface area is 108 Å². The first-order chi connectivity index (χ1) is 8.97. The van der Waals surface area contributed by atoms with Gasteiger partial charge in [0, 0.05) is 19.3 Å². The molecule has 8 nitrogen and oxygen atoms in total. The van der Waals surface area contributed by atoms with E-state index in [1.54, 1.807) is 0 Å². The molecule has 0 spiro atoms. The van der Waals surface area contributed by atoms with Crippen LogP contribution in [0.5, 0.6) is 0 Å². The molecule has 0 aliphatic rings. The number of carboxylic acids is 1. The van der Waals surface area contributed by atoms with Crippen LogP contribution in [0.1, 0.15) is 16.8 Å². The molecule has 0 aromatic heterocycles. The summed E-state index contributed by atoms with van der Waals surface area (Å²) in [5.41, 5.74) is -1.18.